The van der Waals surface area contributed by atoms with Crippen LogP contribution in [0, 0.1) is 20.2 Å². The quantitative estimate of drug-likeness (QED) is 0.188. The molecule has 16 nitrogen and oxygen atoms in total. The lowest BCUT2D eigenvalue weighted by Gasteiger charge is -2.40. The Hall–Kier alpha value is -4.96. The van der Waals surface area contributed by atoms with Gasteiger partial charge in [-0.2, -0.15) is 0 Å². The molecule has 0 aromatic heterocycles. The highest BCUT2D eigenvalue weighted by Gasteiger charge is 2.42. The van der Waals surface area contributed by atoms with Gasteiger partial charge in [-0.05, 0) is 38.8 Å². The van der Waals surface area contributed by atoms with Crippen LogP contribution in [0.5, 0.6) is 11.5 Å². The second-order valence-corrected chi connectivity index (χ2v) is 11.1. The van der Waals surface area contributed by atoms with Crippen LogP contribution in [0.1, 0.15) is 47.4 Å². The van der Waals surface area contributed by atoms with E-state index in [-0.39, 0.29) is 97.0 Å². The Morgan fingerprint density at radius 2 is 1.21 bits per heavy atom. The molecule has 3 aliphatic rings. The fourth-order valence-corrected chi connectivity index (χ4v) is 6.07. The van der Waals surface area contributed by atoms with Crippen molar-refractivity contribution in [1.29, 1.82) is 0 Å². The summed E-state index contributed by atoms with van der Waals surface area (Å²) >= 11 is 0. The van der Waals surface area contributed by atoms with Gasteiger partial charge >= 0.3 is 11.9 Å². The number of benzene rings is 2. The smallest absolute Gasteiger partial charge is 0.338 e. The average Bonchev–Trinajstić information content (AvgIpc) is 3.28. The highest BCUT2D eigenvalue weighted by Crippen LogP contribution is 2.39. The van der Waals surface area contributed by atoms with Gasteiger partial charge in [-0.15, -0.1) is 0 Å². The van der Waals surface area contributed by atoms with Crippen LogP contribution in [-0.4, -0.2) is 97.5 Å². The molecule has 2 atom stereocenters. The van der Waals surface area contributed by atoms with E-state index >= 15 is 0 Å². The van der Waals surface area contributed by atoms with E-state index in [0.29, 0.717) is 13.2 Å². The van der Waals surface area contributed by atoms with E-state index in [4.69, 9.17) is 23.7 Å². The van der Waals surface area contributed by atoms with E-state index in [1.807, 2.05) is 0 Å². The molecular formula is C31H37N5O11. The summed E-state index contributed by atoms with van der Waals surface area (Å²) in [6.07, 6.45) is 5.10. The zero-order valence-electron chi connectivity index (χ0n) is 26.1. The molecule has 0 spiro atoms. The molecule has 2 unspecified atom stereocenters. The first-order chi connectivity index (χ1) is 22.7. The Bertz CT molecular complexity index is 1430. The van der Waals surface area contributed by atoms with Crippen LogP contribution in [0.25, 0.3) is 0 Å². The number of carbonyl (C=O) groups is 2. The van der Waals surface area contributed by atoms with E-state index in [1.165, 1.54) is 12.1 Å². The van der Waals surface area contributed by atoms with Crippen LogP contribution >= 0.6 is 0 Å². The number of anilines is 2. The molecule has 47 heavy (non-hydrogen) atoms. The van der Waals surface area contributed by atoms with Crippen molar-refractivity contribution in [3.63, 3.8) is 0 Å². The molecular weight excluding hydrogens is 618 g/mol. The molecule has 0 saturated carbocycles. The molecule has 0 amide bonds. The van der Waals surface area contributed by atoms with Crippen molar-refractivity contribution in [3.8, 4) is 11.5 Å². The maximum Gasteiger partial charge on any atom is 0.338 e. The predicted molar refractivity (Wildman–Crippen MR) is 168 cm³/mol. The number of rotatable bonds is 7. The summed E-state index contributed by atoms with van der Waals surface area (Å²) in [5.41, 5.74) is -0.644. The summed E-state index contributed by atoms with van der Waals surface area (Å²) in [7, 11) is 0. The number of fused-ring (bicyclic) bond motifs is 4. The Morgan fingerprint density at radius 3 is 1.62 bits per heavy atom. The summed E-state index contributed by atoms with van der Waals surface area (Å²) in [5, 5.41) is 30.4. The minimum absolute atomic E-state index is 0.0244. The minimum Gasteiger partial charge on any atom is -0.489 e. The Labute approximate surface area is 270 Å². The number of ether oxygens (including phenoxy) is 5. The van der Waals surface area contributed by atoms with Gasteiger partial charge in [-0.3, -0.25) is 25.1 Å². The maximum absolute atomic E-state index is 12.7. The molecule has 2 aromatic carbocycles. The lowest BCUT2D eigenvalue weighted by atomic mass is 10.1. The number of hydrogen-bond acceptors (Lipinski definition) is 14. The van der Waals surface area contributed by atoms with Crippen molar-refractivity contribution in [2.75, 3.05) is 63.4 Å². The Morgan fingerprint density at radius 1 is 0.766 bits per heavy atom. The largest absolute Gasteiger partial charge is 0.489 e. The van der Waals surface area contributed by atoms with Crippen LogP contribution < -0.4 is 20.1 Å². The zero-order valence-corrected chi connectivity index (χ0v) is 26.1. The first-order valence-electron chi connectivity index (χ1n) is 15.4. The first-order valence-corrected chi connectivity index (χ1v) is 15.4. The third-order valence-electron chi connectivity index (χ3n) is 8.12. The van der Waals surface area contributed by atoms with Gasteiger partial charge in [-0.1, -0.05) is 12.2 Å². The van der Waals surface area contributed by atoms with Gasteiger partial charge in [0.1, 0.15) is 24.7 Å². The lowest BCUT2D eigenvalue weighted by Crippen LogP contribution is -2.55. The summed E-state index contributed by atoms with van der Waals surface area (Å²) in [4.78, 5) is 50.7. The van der Waals surface area contributed by atoms with Crippen LogP contribution in [0.2, 0.25) is 0 Å². The fourth-order valence-electron chi connectivity index (χ4n) is 6.07. The number of morpholine rings is 1. The summed E-state index contributed by atoms with van der Waals surface area (Å²) in [6.45, 7) is 4.62. The molecule has 252 valence electrons. The molecule has 2 N–H and O–H groups in total. The monoisotopic (exact) mass is 655 g/mol. The second-order valence-electron chi connectivity index (χ2n) is 11.1. The van der Waals surface area contributed by atoms with Crippen LogP contribution in [-0.2, 0) is 14.2 Å². The van der Waals surface area contributed by atoms with Crippen molar-refractivity contribution >= 4 is 34.7 Å². The molecule has 2 fully saturated rings. The summed E-state index contributed by atoms with van der Waals surface area (Å²) < 4.78 is 28.6. The minimum atomic E-state index is -0.731. The highest BCUT2D eigenvalue weighted by atomic mass is 16.6. The van der Waals surface area contributed by atoms with Crippen LogP contribution in [0.15, 0.2) is 36.4 Å². The predicted octanol–water partition coefficient (Wildman–Crippen LogP) is 3.94. The van der Waals surface area contributed by atoms with Gasteiger partial charge in [0.25, 0.3) is 11.4 Å². The molecule has 2 saturated heterocycles. The van der Waals surface area contributed by atoms with Crippen molar-refractivity contribution in [2.24, 2.45) is 0 Å². The normalized spacial score (nSPS) is 20.7. The van der Waals surface area contributed by atoms with Crippen molar-refractivity contribution in [1.82, 2.24) is 4.90 Å². The van der Waals surface area contributed by atoms with E-state index in [0.717, 1.165) is 25.0 Å². The average molecular weight is 656 g/mol. The SMILES string of the molecule is CCOC(=O)c1cc2c(c([N+](=O)[O-])c1)NC/C=C/CNc1c(cc(C(=O)OCC)cc1[N+](=O)[O-])OCC(N1C3CCC1COC3)CO2. The third-order valence-corrected chi connectivity index (χ3v) is 8.12. The number of nitro groups is 2. The van der Waals surface area contributed by atoms with Crippen LogP contribution in [0.4, 0.5) is 22.7 Å². The zero-order chi connectivity index (χ0) is 33.5. The Balaban J connectivity index is 1.57. The molecule has 3 aliphatic heterocycles. The molecule has 0 aliphatic carbocycles. The van der Waals surface area contributed by atoms with Gasteiger partial charge in [0.2, 0.25) is 0 Å². The van der Waals surface area contributed by atoms with Crippen molar-refractivity contribution in [3.05, 3.63) is 67.8 Å². The molecule has 3 heterocycles. The molecule has 0 radical (unpaired) electrons. The molecule has 16 heteroatoms. The standard InChI is InChI=1S/C31H37N5O11/c1-3-44-30(37)19-11-24(35(39)40)28-26(13-19)46-17-23(34-21-7-8-22(34)16-43-15-21)18-47-27-14-20(31(38)45-4-2)12-25(36(41)42)29(27)33-10-6-5-9-32-28/h5-6,11-14,21-23,32-33H,3-4,7-10,15-18H2,1-2H3/b6-5+. The van der Waals surface area contributed by atoms with Gasteiger partial charge in [0, 0.05) is 37.3 Å². The number of nitrogens with zero attached hydrogens (tertiary/aromatic N) is 3. The molecule has 2 bridgehead atoms. The fraction of sp³-hybridized carbons (Fsp3) is 0.484. The molecule has 5 rings (SSSR count). The van der Waals surface area contributed by atoms with Crippen molar-refractivity contribution in [2.45, 2.75) is 44.8 Å². The van der Waals surface area contributed by atoms with E-state index in [9.17, 15) is 29.8 Å². The van der Waals surface area contributed by atoms with Gasteiger partial charge < -0.3 is 34.3 Å². The lowest BCUT2D eigenvalue weighted by molar-refractivity contribution is -0.384. The second kappa shape index (κ2) is 15.1. The molecule has 2 aromatic rings. The maximum atomic E-state index is 12.7. The highest BCUT2D eigenvalue weighted by molar-refractivity contribution is 5.93. The van der Waals surface area contributed by atoms with Crippen molar-refractivity contribution < 1.29 is 43.1 Å². The summed E-state index contributed by atoms with van der Waals surface area (Å²) in [5.74, 6) is -1.30. The first kappa shape index (κ1) is 33.4. The Kier molecular flexibility index (Phi) is 10.7. The van der Waals surface area contributed by atoms with E-state index in [1.54, 1.807) is 26.0 Å². The van der Waals surface area contributed by atoms with Crippen LogP contribution in [0.3, 0.4) is 0 Å². The van der Waals surface area contributed by atoms with Gasteiger partial charge in [0.15, 0.2) is 11.4 Å². The topological polar surface area (TPSA) is 194 Å². The van der Waals surface area contributed by atoms with E-state index in [2.05, 4.69) is 15.5 Å². The number of esters is 2. The van der Waals surface area contributed by atoms with E-state index < -0.39 is 27.8 Å². The number of carbonyl (C=O) groups excluding carboxylic acids is 2. The number of hydrogen-bond donors (Lipinski definition) is 2. The van der Waals surface area contributed by atoms with Gasteiger partial charge in [-0.25, -0.2) is 9.59 Å². The summed E-state index contributed by atoms with van der Waals surface area (Å²) in [6, 6.07) is 4.75. The number of nitrogens with one attached hydrogen (secondary N) is 2. The third kappa shape index (κ3) is 7.55. The van der Waals surface area contributed by atoms with Gasteiger partial charge in [0.05, 0.1) is 53.4 Å². The number of nitro benzene ring substituents is 2.